The van der Waals surface area contributed by atoms with E-state index >= 15 is 0 Å². The van der Waals surface area contributed by atoms with Gasteiger partial charge in [-0.2, -0.15) is 0 Å². The molecule has 1 aliphatic carbocycles. The van der Waals surface area contributed by atoms with E-state index in [1.54, 1.807) is 24.3 Å². The number of halogens is 1. The number of hydrogen-bond donors (Lipinski definition) is 0. The molecule has 5 heteroatoms. The van der Waals surface area contributed by atoms with Gasteiger partial charge < -0.3 is 4.74 Å². The molecule has 0 N–H and O–H groups in total. The van der Waals surface area contributed by atoms with Crippen LogP contribution in [0, 0.1) is 0 Å². The van der Waals surface area contributed by atoms with Gasteiger partial charge in [-0.15, -0.1) is 0 Å². The van der Waals surface area contributed by atoms with Gasteiger partial charge in [0.2, 0.25) is 0 Å². The van der Waals surface area contributed by atoms with Gasteiger partial charge in [-0.25, -0.2) is 0 Å². The van der Waals surface area contributed by atoms with Crippen LogP contribution >= 0.6 is 22.6 Å². The lowest BCUT2D eigenvalue weighted by Crippen LogP contribution is -2.32. The summed E-state index contributed by atoms with van der Waals surface area (Å²) in [5.74, 6) is 0.332. The number of ether oxygens (including phenoxy) is 1. The number of alkyl halides is 1. The van der Waals surface area contributed by atoms with Gasteiger partial charge >= 0.3 is 0 Å². The number of amides is 2. The lowest BCUT2D eigenvalue weighted by Gasteiger charge is -2.19. The Bertz CT molecular complexity index is 987. The summed E-state index contributed by atoms with van der Waals surface area (Å²) in [6.45, 7) is 0.327. The van der Waals surface area contributed by atoms with E-state index in [1.807, 2.05) is 54.7 Å². The topological polar surface area (TPSA) is 46.6 Å². The van der Waals surface area contributed by atoms with E-state index in [9.17, 15) is 9.59 Å². The molecule has 1 aliphatic heterocycles. The Hall–Kier alpha value is -2.67. The van der Waals surface area contributed by atoms with Crippen LogP contribution in [0.2, 0.25) is 0 Å². The first-order valence-electron chi connectivity index (χ1n) is 9.05. The molecule has 140 valence electrons. The van der Waals surface area contributed by atoms with Crippen molar-refractivity contribution in [3.8, 4) is 5.75 Å². The van der Waals surface area contributed by atoms with Gasteiger partial charge in [-0.3, -0.25) is 14.5 Å². The van der Waals surface area contributed by atoms with Crippen molar-refractivity contribution in [2.75, 3.05) is 6.54 Å². The van der Waals surface area contributed by atoms with E-state index in [2.05, 4.69) is 22.6 Å². The number of carbonyl (C=O) groups excluding carboxylic acids is 2. The van der Waals surface area contributed by atoms with Crippen LogP contribution in [-0.4, -0.2) is 27.4 Å². The average molecular weight is 483 g/mol. The molecular formula is C23H18INO3. The minimum absolute atomic E-state index is 0.174. The Morgan fingerprint density at radius 1 is 0.857 bits per heavy atom. The van der Waals surface area contributed by atoms with Crippen LogP contribution in [-0.2, 0) is 0 Å². The molecule has 0 fully saturated rings. The molecule has 2 amide bonds. The SMILES string of the molecule is O=C1c2ccccc2C(=O)N1CC[C@H](I)Oc1cccc2c1\C=C/C=C\C=C/2. The molecule has 28 heavy (non-hydrogen) atoms. The van der Waals surface area contributed by atoms with E-state index in [4.69, 9.17) is 4.74 Å². The number of allylic oxidation sites excluding steroid dienone is 4. The number of carbonyl (C=O) groups is 2. The summed E-state index contributed by atoms with van der Waals surface area (Å²) in [7, 11) is 0. The zero-order chi connectivity index (χ0) is 19.5. The molecule has 4 nitrogen and oxygen atoms in total. The second-order valence-corrected chi connectivity index (χ2v) is 7.88. The molecular weight excluding hydrogens is 465 g/mol. The summed E-state index contributed by atoms with van der Waals surface area (Å²) >= 11 is 2.21. The van der Waals surface area contributed by atoms with E-state index in [0.717, 1.165) is 16.9 Å². The van der Waals surface area contributed by atoms with E-state index in [0.29, 0.717) is 24.1 Å². The number of hydrogen-bond acceptors (Lipinski definition) is 3. The Balaban J connectivity index is 1.44. The van der Waals surface area contributed by atoms with Crippen molar-refractivity contribution in [3.05, 3.63) is 89.0 Å². The normalized spacial score (nSPS) is 19.2. The fourth-order valence-corrected chi connectivity index (χ4v) is 3.85. The third-order valence-corrected chi connectivity index (χ3v) is 5.56. The summed E-state index contributed by atoms with van der Waals surface area (Å²) in [6, 6.07) is 12.9. The zero-order valence-corrected chi connectivity index (χ0v) is 17.2. The molecule has 0 unspecified atom stereocenters. The van der Waals surface area contributed by atoms with Gasteiger partial charge in [0.15, 0.2) is 4.11 Å². The van der Waals surface area contributed by atoms with E-state index in [-0.39, 0.29) is 15.9 Å². The maximum atomic E-state index is 12.5. The molecule has 1 atom stereocenters. The van der Waals surface area contributed by atoms with Crippen LogP contribution in [0.5, 0.6) is 5.75 Å². The van der Waals surface area contributed by atoms with Crippen LogP contribution < -0.4 is 4.74 Å². The Morgan fingerprint density at radius 3 is 2.25 bits per heavy atom. The molecule has 1 heterocycles. The average Bonchev–Trinajstić information content (AvgIpc) is 2.92. The lowest BCUT2D eigenvalue weighted by atomic mass is 10.0. The van der Waals surface area contributed by atoms with Crippen molar-refractivity contribution in [1.82, 2.24) is 4.90 Å². The number of nitrogens with zero attached hydrogens (tertiary/aromatic N) is 1. The molecule has 0 bridgehead atoms. The van der Waals surface area contributed by atoms with Crippen LogP contribution in [0.4, 0.5) is 0 Å². The van der Waals surface area contributed by atoms with Crippen molar-refractivity contribution in [1.29, 1.82) is 0 Å². The highest BCUT2D eigenvalue weighted by Gasteiger charge is 2.35. The molecule has 0 aromatic heterocycles. The van der Waals surface area contributed by atoms with Crippen LogP contribution in [0.15, 0.2) is 66.8 Å². The van der Waals surface area contributed by atoms with E-state index in [1.165, 1.54) is 4.90 Å². The van der Waals surface area contributed by atoms with Gasteiger partial charge in [0.25, 0.3) is 11.8 Å². The minimum atomic E-state index is -0.228. The van der Waals surface area contributed by atoms with Crippen LogP contribution in [0.3, 0.4) is 0 Å². The van der Waals surface area contributed by atoms with Crippen LogP contribution in [0.25, 0.3) is 12.2 Å². The summed E-state index contributed by atoms with van der Waals surface area (Å²) in [6.07, 6.45) is 12.6. The lowest BCUT2D eigenvalue weighted by molar-refractivity contribution is 0.0645. The van der Waals surface area contributed by atoms with Gasteiger partial charge in [-0.1, -0.05) is 60.7 Å². The van der Waals surface area contributed by atoms with E-state index < -0.39 is 0 Å². The number of benzene rings is 2. The summed E-state index contributed by atoms with van der Waals surface area (Å²) < 4.78 is 5.97. The predicted molar refractivity (Wildman–Crippen MR) is 119 cm³/mol. The molecule has 2 aliphatic rings. The van der Waals surface area contributed by atoms with Gasteiger partial charge in [0, 0.05) is 18.5 Å². The Labute approximate surface area is 177 Å². The smallest absolute Gasteiger partial charge is 0.261 e. The molecule has 0 spiro atoms. The first kappa shape index (κ1) is 18.7. The maximum absolute atomic E-state index is 12.5. The number of fused-ring (bicyclic) bond motifs is 2. The molecule has 2 aromatic rings. The van der Waals surface area contributed by atoms with Crippen molar-refractivity contribution in [2.24, 2.45) is 0 Å². The Morgan fingerprint density at radius 2 is 1.54 bits per heavy atom. The first-order chi connectivity index (χ1) is 13.6. The predicted octanol–water partition coefficient (Wildman–Crippen LogP) is 5.11. The zero-order valence-electron chi connectivity index (χ0n) is 15.0. The quantitative estimate of drug-likeness (QED) is 0.338. The molecule has 0 radical (unpaired) electrons. The Kier molecular flexibility index (Phi) is 5.43. The van der Waals surface area contributed by atoms with Crippen molar-refractivity contribution in [3.63, 3.8) is 0 Å². The maximum Gasteiger partial charge on any atom is 0.261 e. The van der Waals surface area contributed by atoms with Crippen molar-refractivity contribution >= 4 is 46.6 Å². The van der Waals surface area contributed by atoms with Gasteiger partial charge in [0.1, 0.15) is 5.75 Å². The highest BCUT2D eigenvalue weighted by atomic mass is 127. The fraction of sp³-hybridized carbons (Fsp3) is 0.130. The fourth-order valence-electron chi connectivity index (χ4n) is 3.30. The standard InChI is InChI=1S/C23H18INO3/c24-21(14-15-25-22(26)18-11-5-6-12-19(18)23(25)27)28-20-13-7-9-16-8-3-1-2-4-10-17(16)20/h1-13,21H,14-15H2/b2-1-,3-1?,4-2?,8-3-,10-4-,16-8?,17-10?/t21-/m1/s1. The third-order valence-electron chi connectivity index (χ3n) is 4.68. The van der Waals surface area contributed by atoms with Gasteiger partial charge in [0.05, 0.1) is 11.1 Å². The first-order valence-corrected chi connectivity index (χ1v) is 10.3. The summed E-state index contributed by atoms with van der Waals surface area (Å²) in [4.78, 5) is 26.3. The molecule has 0 saturated heterocycles. The largest absolute Gasteiger partial charge is 0.479 e. The summed E-state index contributed by atoms with van der Waals surface area (Å²) in [5, 5.41) is 0. The van der Waals surface area contributed by atoms with Gasteiger partial charge in [-0.05, 0) is 46.4 Å². The van der Waals surface area contributed by atoms with Crippen molar-refractivity contribution in [2.45, 2.75) is 10.5 Å². The molecule has 2 aromatic carbocycles. The molecule has 0 saturated carbocycles. The van der Waals surface area contributed by atoms with Crippen molar-refractivity contribution < 1.29 is 14.3 Å². The number of imide groups is 1. The monoisotopic (exact) mass is 483 g/mol. The highest BCUT2D eigenvalue weighted by molar-refractivity contribution is 14.1. The molecule has 4 rings (SSSR count). The summed E-state index contributed by atoms with van der Waals surface area (Å²) in [5.41, 5.74) is 3.06. The minimum Gasteiger partial charge on any atom is -0.479 e. The second kappa shape index (κ2) is 8.14. The second-order valence-electron chi connectivity index (χ2n) is 6.49. The number of rotatable bonds is 5. The van der Waals surface area contributed by atoms with Crippen LogP contribution in [0.1, 0.15) is 38.3 Å². The highest BCUT2D eigenvalue weighted by Crippen LogP contribution is 2.29. The third kappa shape index (κ3) is 3.67.